The molecule has 0 aliphatic heterocycles. The molecular formula is C40H38ClNO2. The van der Waals surface area contributed by atoms with Crippen LogP contribution in [0.4, 0.5) is 17.1 Å². The molecule has 4 heteroatoms. The number of hydrogen-bond donors (Lipinski definition) is 1. The molecule has 0 atom stereocenters. The number of fused-ring (bicyclic) bond motifs is 1. The molecule has 44 heavy (non-hydrogen) atoms. The van der Waals surface area contributed by atoms with E-state index in [1.165, 1.54) is 5.56 Å². The molecule has 1 aromatic heterocycles. The van der Waals surface area contributed by atoms with Gasteiger partial charge in [0.2, 0.25) is 0 Å². The predicted molar refractivity (Wildman–Crippen MR) is 186 cm³/mol. The van der Waals surface area contributed by atoms with Crippen molar-refractivity contribution in [1.82, 2.24) is 0 Å². The summed E-state index contributed by atoms with van der Waals surface area (Å²) in [6.07, 6.45) is 0. The lowest BCUT2D eigenvalue weighted by atomic mass is 9.86. The zero-order valence-electron chi connectivity index (χ0n) is 26.2. The minimum absolute atomic E-state index is 0.0134. The summed E-state index contributed by atoms with van der Waals surface area (Å²) >= 11 is 6.93. The van der Waals surface area contributed by atoms with Crippen LogP contribution >= 0.6 is 11.6 Å². The maximum absolute atomic E-state index is 11.1. The van der Waals surface area contributed by atoms with E-state index in [-0.39, 0.29) is 16.6 Å². The van der Waals surface area contributed by atoms with Gasteiger partial charge in [0, 0.05) is 33.3 Å². The van der Waals surface area contributed by atoms with Gasteiger partial charge < -0.3 is 14.4 Å². The van der Waals surface area contributed by atoms with Gasteiger partial charge in [-0.15, -0.1) is 0 Å². The first kappa shape index (κ1) is 29.6. The molecule has 1 heterocycles. The van der Waals surface area contributed by atoms with Crippen molar-refractivity contribution >= 4 is 39.4 Å². The second kappa shape index (κ2) is 11.2. The standard InChI is InChI=1S/C40H38ClNO2/c1-39(2,3)28-17-19-30(20-18-28)42(34-23-29(40(4,5)6)24-35(43)36(34)41)31-21-22-32-33(25-31)38(27-15-11-8-12-16-27)44-37(32)26-13-9-7-10-14-26/h7-25,43H,1-6H3. The lowest BCUT2D eigenvalue weighted by molar-refractivity contribution is 0.471. The number of nitrogens with zero attached hydrogens (tertiary/aromatic N) is 1. The monoisotopic (exact) mass is 599 g/mol. The summed E-state index contributed by atoms with van der Waals surface area (Å²) in [5.74, 6) is 1.70. The highest BCUT2D eigenvalue weighted by atomic mass is 35.5. The summed E-state index contributed by atoms with van der Waals surface area (Å²) in [7, 11) is 0. The normalized spacial score (nSPS) is 12.1. The molecule has 0 radical (unpaired) electrons. The quantitative estimate of drug-likeness (QED) is 0.214. The van der Waals surface area contributed by atoms with Crippen LogP contribution in [0.5, 0.6) is 5.75 Å². The first-order valence-corrected chi connectivity index (χ1v) is 15.4. The van der Waals surface area contributed by atoms with Gasteiger partial charge in [-0.25, -0.2) is 0 Å². The molecule has 0 amide bonds. The Morgan fingerprint density at radius 1 is 0.568 bits per heavy atom. The summed E-state index contributed by atoms with van der Waals surface area (Å²) in [4.78, 5) is 2.13. The van der Waals surface area contributed by atoms with Gasteiger partial charge in [-0.1, -0.05) is 126 Å². The van der Waals surface area contributed by atoms with Crippen molar-refractivity contribution in [3.8, 4) is 28.4 Å². The highest BCUT2D eigenvalue weighted by molar-refractivity contribution is 6.35. The lowest BCUT2D eigenvalue weighted by Gasteiger charge is -2.30. The first-order valence-electron chi connectivity index (χ1n) is 15.0. The van der Waals surface area contributed by atoms with Gasteiger partial charge in [-0.2, -0.15) is 0 Å². The molecule has 0 bridgehead atoms. The first-order chi connectivity index (χ1) is 20.9. The molecular weight excluding hydrogens is 562 g/mol. The number of rotatable bonds is 5. The van der Waals surface area contributed by atoms with Gasteiger partial charge in [-0.05, 0) is 64.4 Å². The number of halogens is 1. The maximum atomic E-state index is 11.1. The van der Waals surface area contributed by atoms with Gasteiger partial charge >= 0.3 is 0 Å². The van der Waals surface area contributed by atoms with Gasteiger partial charge in [0.25, 0.3) is 0 Å². The molecule has 5 aromatic carbocycles. The predicted octanol–water partition coefficient (Wildman–Crippen LogP) is 12.2. The van der Waals surface area contributed by atoms with E-state index >= 15 is 0 Å². The lowest BCUT2D eigenvalue weighted by Crippen LogP contribution is -2.16. The second-order valence-electron chi connectivity index (χ2n) is 13.4. The molecule has 0 spiro atoms. The fourth-order valence-corrected chi connectivity index (χ4v) is 5.80. The number of benzene rings is 5. The summed E-state index contributed by atoms with van der Waals surface area (Å²) in [6, 6.07) is 39.3. The van der Waals surface area contributed by atoms with Crippen molar-refractivity contribution in [2.45, 2.75) is 52.4 Å². The minimum Gasteiger partial charge on any atom is -0.506 e. The van der Waals surface area contributed by atoms with Gasteiger partial charge in [0.05, 0.1) is 5.69 Å². The Morgan fingerprint density at radius 3 is 1.64 bits per heavy atom. The third-order valence-electron chi connectivity index (χ3n) is 8.16. The van der Waals surface area contributed by atoms with Crippen LogP contribution in [-0.2, 0) is 10.8 Å². The third-order valence-corrected chi connectivity index (χ3v) is 8.55. The number of aromatic hydroxyl groups is 1. The summed E-state index contributed by atoms with van der Waals surface area (Å²) in [5, 5.41) is 13.4. The van der Waals surface area contributed by atoms with Gasteiger partial charge in [0.15, 0.2) is 0 Å². The Balaban J connectivity index is 1.62. The fourth-order valence-electron chi connectivity index (χ4n) is 5.60. The zero-order chi connectivity index (χ0) is 31.2. The van der Waals surface area contributed by atoms with Crippen LogP contribution in [0.1, 0.15) is 52.7 Å². The number of hydrogen-bond acceptors (Lipinski definition) is 3. The van der Waals surface area contributed by atoms with Crippen LogP contribution in [0.2, 0.25) is 5.02 Å². The average Bonchev–Trinajstić information content (AvgIpc) is 3.38. The highest BCUT2D eigenvalue weighted by Crippen LogP contribution is 2.47. The van der Waals surface area contributed by atoms with Crippen molar-refractivity contribution in [2.24, 2.45) is 0 Å². The second-order valence-corrected chi connectivity index (χ2v) is 13.8. The molecule has 1 N–H and O–H groups in total. The van der Waals surface area contributed by atoms with E-state index in [4.69, 9.17) is 16.0 Å². The van der Waals surface area contributed by atoms with Crippen LogP contribution in [0, 0.1) is 0 Å². The third kappa shape index (κ3) is 5.60. The van der Waals surface area contributed by atoms with E-state index in [9.17, 15) is 5.11 Å². The van der Waals surface area contributed by atoms with E-state index in [1.807, 2.05) is 36.4 Å². The number of phenols is 1. The summed E-state index contributed by atoms with van der Waals surface area (Å²) in [6.45, 7) is 13.0. The molecule has 6 aromatic rings. The largest absolute Gasteiger partial charge is 0.506 e. The fraction of sp³-hybridized carbons (Fsp3) is 0.200. The minimum atomic E-state index is -0.196. The molecule has 0 saturated carbocycles. The van der Waals surface area contributed by atoms with Crippen molar-refractivity contribution < 1.29 is 9.52 Å². The number of anilines is 3. The SMILES string of the molecule is CC(C)(C)c1ccc(N(c2ccc3c(-c4ccccc4)oc(-c4ccccc4)c3c2)c2cc(C(C)(C)C)cc(O)c2Cl)cc1. The smallest absolute Gasteiger partial charge is 0.142 e. The molecule has 0 fully saturated rings. The highest BCUT2D eigenvalue weighted by Gasteiger charge is 2.25. The Labute approximate surface area is 265 Å². The molecule has 222 valence electrons. The Hall–Kier alpha value is -4.47. The van der Waals surface area contributed by atoms with E-state index in [0.29, 0.717) is 10.7 Å². The molecule has 0 unspecified atom stereocenters. The van der Waals surface area contributed by atoms with Crippen molar-refractivity contribution in [3.05, 3.63) is 131 Å². The van der Waals surface area contributed by atoms with E-state index in [1.54, 1.807) is 6.07 Å². The van der Waals surface area contributed by atoms with E-state index < -0.39 is 0 Å². The average molecular weight is 600 g/mol. The van der Waals surface area contributed by atoms with Crippen LogP contribution < -0.4 is 4.90 Å². The van der Waals surface area contributed by atoms with Crippen LogP contribution in [0.3, 0.4) is 0 Å². The molecule has 6 rings (SSSR count). The molecule has 0 aliphatic rings. The number of phenolic OH excluding ortho intramolecular Hbond substituents is 1. The zero-order valence-corrected chi connectivity index (χ0v) is 26.9. The Bertz CT molecular complexity index is 1930. The van der Waals surface area contributed by atoms with Crippen molar-refractivity contribution in [3.63, 3.8) is 0 Å². The topological polar surface area (TPSA) is 36.6 Å². The van der Waals surface area contributed by atoms with Crippen LogP contribution in [0.15, 0.2) is 120 Å². The van der Waals surface area contributed by atoms with Crippen LogP contribution in [0.25, 0.3) is 33.4 Å². The molecule has 0 saturated heterocycles. The Morgan fingerprint density at radius 2 is 1.09 bits per heavy atom. The van der Waals surface area contributed by atoms with E-state index in [0.717, 1.165) is 50.4 Å². The van der Waals surface area contributed by atoms with Crippen LogP contribution in [-0.4, -0.2) is 5.11 Å². The van der Waals surface area contributed by atoms with Crippen molar-refractivity contribution in [1.29, 1.82) is 0 Å². The van der Waals surface area contributed by atoms with Crippen molar-refractivity contribution in [2.75, 3.05) is 4.90 Å². The van der Waals surface area contributed by atoms with E-state index in [2.05, 4.69) is 119 Å². The number of furan rings is 1. The Kier molecular flexibility index (Phi) is 7.55. The summed E-state index contributed by atoms with van der Waals surface area (Å²) < 4.78 is 6.66. The molecule has 0 aliphatic carbocycles. The van der Waals surface area contributed by atoms with Gasteiger partial charge in [-0.3, -0.25) is 0 Å². The maximum Gasteiger partial charge on any atom is 0.142 e. The molecule has 3 nitrogen and oxygen atoms in total. The summed E-state index contributed by atoms with van der Waals surface area (Å²) in [5.41, 5.74) is 6.64. The van der Waals surface area contributed by atoms with Gasteiger partial charge in [0.1, 0.15) is 22.3 Å².